The van der Waals surface area contributed by atoms with Gasteiger partial charge in [0.05, 0.1) is 19.3 Å². The van der Waals surface area contributed by atoms with Gasteiger partial charge in [-0.3, -0.25) is 9.69 Å². The van der Waals surface area contributed by atoms with Crippen molar-refractivity contribution < 1.29 is 13.9 Å². The maximum Gasteiger partial charge on any atom is 0.289 e. The summed E-state index contributed by atoms with van der Waals surface area (Å²) in [4.78, 5) is 15.0. The van der Waals surface area contributed by atoms with Gasteiger partial charge in [-0.1, -0.05) is 0 Å². The topological polar surface area (TPSA) is 85.4 Å². The minimum atomic E-state index is -0.174. The van der Waals surface area contributed by atoms with Crippen molar-refractivity contribution in [2.45, 2.75) is 38.8 Å². The lowest BCUT2D eigenvalue weighted by Crippen LogP contribution is -2.44. The molecular formula is C18H25N5O3. The van der Waals surface area contributed by atoms with Crippen molar-refractivity contribution in [1.82, 2.24) is 25.0 Å². The fraction of sp³-hybridized carbons (Fsp3) is 0.611. The number of fused-ring (bicyclic) bond motifs is 1. The Kier molecular flexibility index (Phi) is 5.03. The van der Waals surface area contributed by atoms with Crippen molar-refractivity contribution in [2.24, 2.45) is 0 Å². The van der Waals surface area contributed by atoms with E-state index in [-0.39, 0.29) is 11.9 Å². The number of amides is 1. The second-order valence-corrected chi connectivity index (χ2v) is 6.87. The molecule has 2 aliphatic rings. The third-order valence-corrected chi connectivity index (χ3v) is 5.09. The molecule has 4 heterocycles. The van der Waals surface area contributed by atoms with E-state index in [4.69, 9.17) is 9.15 Å². The fourth-order valence-corrected chi connectivity index (χ4v) is 3.68. The van der Waals surface area contributed by atoms with Crippen molar-refractivity contribution in [3.05, 3.63) is 35.3 Å². The molecule has 1 fully saturated rings. The maximum atomic E-state index is 12.7. The largest absolute Gasteiger partial charge is 0.465 e. The van der Waals surface area contributed by atoms with Gasteiger partial charge >= 0.3 is 0 Å². The highest BCUT2D eigenvalue weighted by Crippen LogP contribution is 2.23. The van der Waals surface area contributed by atoms with E-state index < -0.39 is 0 Å². The van der Waals surface area contributed by atoms with Crippen molar-refractivity contribution in [2.75, 3.05) is 32.8 Å². The average Bonchev–Trinajstić information content (AvgIpc) is 3.29. The smallest absolute Gasteiger partial charge is 0.289 e. The summed E-state index contributed by atoms with van der Waals surface area (Å²) >= 11 is 0. The molecule has 0 spiro atoms. The molecule has 26 heavy (non-hydrogen) atoms. The van der Waals surface area contributed by atoms with Crippen LogP contribution in [-0.4, -0.2) is 58.4 Å². The second-order valence-electron chi connectivity index (χ2n) is 6.87. The number of carbonyl (C=O) groups excluding carboxylic acids is 1. The monoisotopic (exact) mass is 359 g/mol. The summed E-state index contributed by atoms with van der Waals surface area (Å²) in [6, 6.07) is 3.93. The van der Waals surface area contributed by atoms with Gasteiger partial charge < -0.3 is 19.0 Å². The molecule has 2 aliphatic heterocycles. The molecule has 2 aromatic heterocycles. The summed E-state index contributed by atoms with van der Waals surface area (Å²) in [5.41, 5.74) is 0. The van der Waals surface area contributed by atoms with Crippen molar-refractivity contribution in [3.8, 4) is 0 Å². The Morgan fingerprint density at radius 2 is 2.08 bits per heavy atom. The van der Waals surface area contributed by atoms with Gasteiger partial charge in [0.15, 0.2) is 0 Å². The average molecular weight is 359 g/mol. The maximum absolute atomic E-state index is 12.7. The zero-order valence-corrected chi connectivity index (χ0v) is 15.1. The highest BCUT2D eigenvalue weighted by atomic mass is 16.5. The molecule has 4 rings (SSSR count). The number of rotatable bonds is 5. The van der Waals surface area contributed by atoms with E-state index in [1.165, 1.54) is 0 Å². The number of furan rings is 1. The Bertz CT molecular complexity index is 763. The van der Waals surface area contributed by atoms with E-state index in [2.05, 4.69) is 20.4 Å². The van der Waals surface area contributed by atoms with Crippen molar-refractivity contribution in [3.63, 3.8) is 0 Å². The highest BCUT2D eigenvalue weighted by Gasteiger charge is 2.27. The number of hydrogen-bond donors (Lipinski definition) is 1. The van der Waals surface area contributed by atoms with Gasteiger partial charge in [-0.05, 0) is 31.9 Å². The van der Waals surface area contributed by atoms with E-state index >= 15 is 0 Å². The summed E-state index contributed by atoms with van der Waals surface area (Å²) in [5.74, 6) is 2.89. The molecule has 1 amide bonds. The normalized spacial score (nSPS) is 19.1. The van der Waals surface area contributed by atoms with Gasteiger partial charge in [0.1, 0.15) is 17.3 Å². The molecular weight excluding hydrogens is 334 g/mol. The van der Waals surface area contributed by atoms with Crippen LogP contribution in [0.2, 0.25) is 0 Å². The van der Waals surface area contributed by atoms with Crippen LogP contribution in [0.3, 0.4) is 0 Å². The molecule has 0 aromatic carbocycles. The molecule has 8 heteroatoms. The van der Waals surface area contributed by atoms with Crippen LogP contribution in [0.15, 0.2) is 16.5 Å². The Labute approximate surface area is 152 Å². The van der Waals surface area contributed by atoms with Crippen LogP contribution in [0.5, 0.6) is 0 Å². The highest BCUT2D eigenvalue weighted by molar-refractivity contribution is 5.90. The number of aryl methyl sites for hydroxylation is 2. The van der Waals surface area contributed by atoms with Crippen molar-refractivity contribution in [1.29, 1.82) is 0 Å². The van der Waals surface area contributed by atoms with E-state index in [1.54, 1.807) is 0 Å². The van der Waals surface area contributed by atoms with Gasteiger partial charge in [0.2, 0.25) is 5.82 Å². The number of ether oxygens (including phenoxy) is 1. The van der Waals surface area contributed by atoms with Crippen LogP contribution in [0.1, 0.15) is 46.8 Å². The van der Waals surface area contributed by atoms with Gasteiger partial charge in [-0.2, -0.15) is 0 Å². The van der Waals surface area contributed by atoms with E-state index in [1.807, 2.05) is 23.6 Å². The number of aromatic nitrogens is 3. The molecule has 0 saturated carbocycles. The minimum absolute atomic E-state index is 0.0136. The second kappa shape index (κ2) is 7.59. The lowest BCUT2D eigenvalue weighted by molar-refractivity contribution is 0.0116. The van der Waals surface area contributed by atoms with Gasteiger partial charge in [-0.25, -0.2) is 0 Å². The van der Waals surface area contributed by atoms with Crippen LogP contribution < -0.4 is 5.32 Å². The number of morpholine rings is 1. The molecule has 1 N–H and O–H groups in total. The van der Waals surface area contributed by atoms with Crippen LogP contribution in [0, 0.1) is 6.92 Å². The van der Waals surface area contributed by atoms with Crippen molar-refractivity contribution >= 4 is 5.91 Å². The molecule has 0 unspecified atom stereocenters. The Hall–Kier alpha value is -2.19. The van der Waals surface area contributed by atoms with Crippen LogP contribution >= 0.6 is 0 Å². The lowest BCUT2D eigenvalue weighted by Gasteiger charge is -2.33. The first kappa shape index (κ1) is 17.2. The van der Waals surface area contributed by atoms with Crippen LogP contribution in [0.4, 0.5) is 0 Å². The molecule has 0 aliphatic carbocycles. The van der Waals surface area contributed by atoms with E-state index in [9.17, 15) is 4.79 Å². The molecule has 8 nitrogen and oxygen atoms in total. The number of hydrogen-bond acceptors (Lipinski definition) is 6. The van der Waals surface area contributed by atoms with Crippen LogP contribution in [0.25, 0.3) is 0 Å². The summed E-state index contributed by atoms with van der Waals surface area (Å²) in [5, 5.41) is 11.3. The lowest BCUT2D eigenvalue weighted by atomic mass is 10.1. The minimum Gasteiger partial charge on any atom is -0.465 e. The number of nitrogens with zero attached hydrogens (tertiary/aromatic N) is 4. The van der Waals surface area contributed by atoms with Gasteiger partial charge in [-0.15, -0.1) is 10.2 Å². The predicted molar refractivity (Wildman–Crippen MR) is 93.9 cm³/mol. The number of carbonyl (C=O) groups is 1. The predicted octanol–water partition coefficient (Wildman–Crippen LogP) is 1.32. The summed E-state index contributed by atoms with van der Waals surface area (Å²) in [6.07, 6.45) is 3.06. The zero-order valence-electron chi connectivity index (χ0n) is 15.1. The number of nitrogens with one attached hydrogen (secondary N) is 1. The first-order valence-corrected chi connectivity index (χ1v) is 9.31. The SMILES string of the molecule is Cc1ccc([C@@H](CNC(=O)c2nnc3n2CCCC3)N2CCOCC2)o1. The molecule has 0 radical (unpaired) electrons. The first-order valence-electron chi connectivity index (χ1n) is 9.31. The Morgan fingerprint density at radius 3 is 2.85 bits per heavy atom. The zero-order chi connectivity index (χ0) is 17.9. The quantitative estimate of drug-likeness (QED) is 0.867. The Morgan fingerprint density at radius 1 is 1.23 bits per heavy atom. The summed E-state index contributed by atoms with van der Waals surface area (Å²) in [7, 11) is 0. The van der Waals surface area contributed by atoms with Crippen LogP contribution in [-0.2, 0) is 17.7 Å². The molecule has 140 valence electrons. The third-order valence-electron chi connectivity index (χ3n) is 5.09. The molecule has 0 bridgehead atoms. The van der Waals surface area contributed by atoms with E-state index in [0.29, 0.717) is 25.6 Å². The standard InChI is InChI=1S/C18H25N5O3/c1-13-5-6-15(26-13)14(22-8-10-25-11-9-22)12-19-18(24)17-21-20-16-4-2-3-7-23(16)17/h5-6,14H,2-4,7-12H2,1H3,(H,19,24)/t14-/m1/s1. The summed E-state index contributed by atoms with van der Waals surface area (Å²) < 4.78 is 13.2. The Balaban J connectivity index is 1.47. The molecule has 2 aromatic rings. The van der Waals surface area contributed by atoms with Gasteiger partial charge in [0, 0.05) is 32.6 Å². The third kappa shape index (κ3) is 3.52. The summed E-state index contributed by atoms with van der Waals surface area (Å²) in [6.45, 7) is 6.25. The molecule has 1 saturated heterocycles. The van der Waals surface area contributed by atoms with Gasteiger partial charge in [0.25, 0.3) is 5.91 Å². The molecule has 1 atom stereocenters. The first-order chi connectivity index (χ1) is 12.7. The van der Waals surface area contributed by atoms with E-state index in [0.717, 1.165) is 56.2 Å². The fourth-order valence-electron chi connectivity index (χ4n) is 3.68.